The van der Waals surface area contributed by atoms with Gasteiger partial charge in [-0.15, -0.1) is 0 Å². The van der Waals surface area contributed by atoms with Crippen molar-refractivity contribution in [3.8, 4) is 5.75 Å². The fourth-order valence-electron chi connectivity index (χ4n) is 1.92. The lowest BCUT2D eigenvalue weighted by molar-refractivity contribution is 0.189. The Bertz CT molecular complexity index is 539. The van der Waals surface area contributed by atoms with Crippen molar-refractivity contribution in [2.45, 2.75) is 26.0 Å². The van der Waals surface area contributed by atoms with Gasteiger partial charge < -0.3 is 10.5 Å². The number of rotatable bonds is 4. The molecule has 3 heteroatoms. The lowest BCUT2D eigenvalue weighted by Gasteiger charge is -2.22. The zero-order valence-electron chi connectivity index (χ0n) is 11.1. The molecule has 2 aromatic rings. The summed E-state index contributed by atoms with van der Waals surface area (Å²) < 4.78 is 18.8. The maximum atomic E-state index is 12.9. The number of nitrogens with two attached hydrogens (primary N) is 1. The number of aryl methyl sites for hydroxylation is 1. The number of hydrogen-bond donors (Lipinski definition) is 1. The van der Waals surface area contributed by atoms with Crippen molar-refractivity contribution in [2.75, 3.05) is 0 Å². The van der Waals surface area contributed by atoms with Crippen LogP contribution in [-0.2, 0) is 0 Å². The van der Waals surface area contributed by atoms with E-state index in [-0.39, 0.29) is 18.0 Å². The predicted molar refractivity (Wildman–Crippen MR) is 74.6 cm³/mol. The molecule has 0 saturated carbocycles. The van der Waals surface area contributed by atoms with Crippen molar-refractivity contribution >= 4 is 0 Å². The maximum Gasteiger partial charge on any atom is 0.123 e. The van der Waals surface area contributed by atoms with Crippen LogP contribution in [0.25, 0.3) is 0 Å². The molecule has 0 saturated heterocycles. The van der Waals surface area contributed by atoms with Gasteiger partial charge in [0.2, 0.25) is 0 Å². The van der Waals surface area contributed by atoms with Crippen LogP contribution in [0, 0.1) is 12.7 Å². The van der Waals surface area contributed by atoms with E-state index in [1.807, 2.05) is 38.1 Å². The highest BCUT2D eigenvalue weighted by atomic mass is 19.1. The van der Waals surface area contributed by atoms with Crippen molar-refractivity contribution in [1.82, 2.24) is 0 Å². The number of hydrogen-bond acceptors (Lipinski definition) is 2. The summed E-state index contributed by atoms with van der Waals surface area (Å²) in [6, 6.07) is 13.7. The first-order valence-electron chi connectivity index (χ1n) is 6.31. The van der Waals surface area contributed by atoms with E-state index in [0.29, 0.717) is 0 Å². The predicted octanol–water partition coefficient (Wildman–Crippen LogP) is 3.60. The Kier molecular flexibility index (Phi) is 4.17. The molecule has 0 fully saturated rings. The van der Waals surface area contributed by atoms with Gasteiger partial charge in [-0.2, -0.15) is 0 Å². The molecule has 0 amide bonds. The number of halogens is 1. The highest BCUT2D eigenvalue weighted by Crippen LogP contribution is 2.23. The van der Waals surface area contributed by atoms with E-state index < -0.39 is 0 Å². The molecule has 0 aliphatic rings. The molecule has 0 radical (unpaired) electrons. The van der Waals surface area contributed by atoms with Crippen LogP contribution in [0.2, 0.25) is 0 Å². The zero-order valence-corrected chi connectivity index (χ0v) is 11.1. The molecule has 0 spiro atoms. The molecule has 2 aromatic carbocycles. The fourth-order valence-corrected chi connectivity index (χ4v) is 1.92. The Balaban J connectivity index is 2.09. The monoisotopic (exact) mass is 259 g/mol. The van der Waals surface area contributed by atoms with E-state index in [2.05, 4.69) is 0 Å². The van der Waals surface area contributed by atoms with Crippen LogP contribution in [0.1, 0.15) is 24.1 Å². The van der Waals surface area contributed by atoms with Gasteiger partial charge in [0.15, 0.2) is 0 Å². The molecule has 2 N–H and O–H groups in total. The Labute approximate surface area is 113 Å². The zero-order chi connectivity index (χ0) is 13.8. The summed E-state index contributed by atoms with van der Waals surface area (Å²) in [6.07, 6.45) is -0.188. The van der Waals surface area contributed by atoms with Gasteiger partial charge in [-0.1, -0.05) is 30.3 Å². The number of ether oxygens (including phenoxy) is 1. The topological polar surface area (TPSA) is 35.2 Å². The SMILES string of the molecule is Cc1ccccc1OC(C)C(N)c1ccc(F)cc1. The molecule has 100 valence electrons. The molecule has 2 nitrogen and oxygen atoms in total. The van der Waals surface area contributed by atoms with Crippen LogP contribution >= 0.6 is 0 Å². The molecule has 0 heterocycles. The maximum absolute atomic E-state index is 12.9. The van der Waals surface area contributed by atoms with E-state index in [9.17, 15) is 4.39 Å². The fraction of sp³-hybridized carbons (Fsp3) is 0.250. The van der Waals surface area contributed by atoms with Gasteiger partial charge in [-0.3, -0.25) is 0 Å². The second-order valence-electron chi connectivity index (χ2n) is 4.67. The summed E-state index contributed by atoms with van der Waals surface area (Å²) in [4.78, 5) is 0. The summed E-state index contributed by atoms with van der Waals surface area (Å²) in [5.74, 6) is 0.566. The van der Waals surface area contributed by atoms with Crippen LogP contribution in [0.15, 0.2) is 48.5 Å². The van der Waals surface area contributed by atoms with Gasteiger partial charge >= 0.3 is 0 Å². The van der Waals surface area contributed by atoms with E-state index in [0.717, 1.165) is 16.9 Å². The van der Waals surface area contributed by atoms with Crippen molar-refractivity contribution in [3.05, 3.63) is 65.5 Å². The molecule has 19 heavy (non-hydrogen) atoms. The van der Waals surface area contributed by atoms with Gasteiger partial charge in [0.1, 0.15) is 17.7 Å². The van der Waals surface area contributed by atoms with E-state index in [1.54, 1.807) is 12.1 Å². The Morgan fingerprint density at radius 2 is 1.68 bits per heavy atom. The Hall–Kier alpha value is -1.87. The number of para-hydroxylation sites is 1. The summed E-state index contributed by atoms with van der Waals surface area (Å²) in [7, 11) is 0. The lowest BCUT2D eigenvalue weighted by Crippen LogP contribution is -2.28. The number of benzene rings is 2. The third-order valence-corrected chi connectivity index (χ3v) is 3.17. The first-order valence-corrected chi connectivity index (χ1v) is 6.31. The molecule has 0 aliphatic carbocycles. The quantitative estimate of drug-likeness (QED) is 0.910. The summed E-state index contributed by atoms with van der Waals surface area (Å²) in [5.41, 5.74) is 8.07. The Morgan fingerprint density at radius 3 is 2.32 bits per heavy atom. The first kappa shape index (κ1) is 13.6. The van der Waals surface area contributed by atoms with Crippen LogP contribution in [0.4, 0.5) is 4.39 Å². The minimum absolute atomic E-state index is 0.188. The normalized spacial score (nSPS) is 13.9. The van der Waals surface area contributed by atoms with Gasteiger partial charge in [-0.25, -0.2) is 4.39 Å². The van der Waals surface area contributed by atoms with Gasteiger partial charge in [0, 0.05) is 0 Å². The van der Waals surface area contributed by atoms with Crippen molar-refractivity contribution < 1.29 is 9.13 Å². The van der Waals surface area contributed by atoms with Gasteiger partial charge in [-0.05, 0) is 43.2 Å². The third-order valence-electron chi connectivity index (χ3n) is 3.17. The highest BCUT2D eigenvalue weighted by Gasteiger charge is 2.17. The minimum atomic E-state index is -0.291. The molecule has 0 bridgehead atoms. The van der Waals surface area contributed by atoms with E-state index >= 15 is 0 Å². The summed E-state index contributed by atoms with van der Waals surface area (Å²) in [5, 5.41) is 0. The van der Waals surface area contributed by atoms with Crippen LogP contribution in [0.5, 0.6) is 5.75 Å². The molecule has 2 rings (SSSR count). The van der Waals surface area contributed by atoms with Crippen molar-refractivity contribution in [2.24, 2.45) is 5.73 Å². The highest BCUT2D eigenvalue weighted by molar-refractivity contribution is 5.32. The Morgan fingerprint density at radius 1 is 1.05 bits per heavy atom. The second kappa shape index (κ2) is 5.85. The van der Waals surface area contributed by atoms with Crippen LogP contribution in [-0.4, -0.2) is 6.10 Å². The van der Waals surface area contributed by atoms with Crippen molar-refractivity contribution in [1.29, 1.82) is 0 Å². The molecular formula is C16H18FNO. The molecule has 0 aliphatic heterocycles. The standard InChI is InChI=1S/C16H18FNO/c1-11-5-3-4-6-15(11)19-12(2)16(18)13-7-9-14(17)10-8-13/h3-10,12,16H,18H2,1-2H3. The van der Waals surface area contributed by atoms with Gasteiger partial charge in [0.25, 0.3) is 0 Å². The van der Waals surface area contributed by atoms with E-state index in [4.69, 9.17) is 10.5 Å². The average Bonchev–Trinajstić information content (AvgIpc) is 2.41. The molecule has 2 atom stereocenters. The van der Waals surface area contributed by atoms with E-state index in [1.165, 1.54) is 12.1 Å². The first-order chi connectivity index (χ1) is 9.08. The third kappa shape index (κ3) is 3.32. The molecule has 0 aromatic heterocycles. The summed E-state index contributed by atoms with van der Waals surface area (Å²) >= 11 is 0. The second-order valence-corrected chi connectivity index (χ2v) is 4.67. The van der Waals surface area contributed by atoms with Crippen LogP contribution < -0.4 is 10.5 Å². The van der Waals surface area contributed by atoms with Crippen molar-refractivity contribution in [3.63, 3.8) is 0 Å². The minimum Gasteiger partial charge on any atom is -0.488 e. The molecule has 2 unspecified atom stereocenters. The largest absolute Gasteiger partial charge is 0.488 e. The lowest BCUT2D eigenvalue weighted by atomic mass is 10.0. The average molecular weight is 259 g/mol. The smallest absolute Gasteiger partial charge is 0.123 e. The molecular weight excluding hydrogens is 241 g/mol. The van der Waals surface area contributed by atoms with Crippen LogP contribution in [0.3, 0.4) is 0 Å². The summed E-state index contributed by atoms with van der Waals surface area (Å²) in [6.45, 7) is 3.91. The van der Waals surface area contributed by atoms with Gasteiger partial charge in [0.05, 0.1) is 6.04 Å².